The molecule has 6 heteroatoms. The average molecular weight is 350 g/mol. The molecule has 1 amide bonds. The Balaban J connectivity index is 1.45. The number of para-hydroxylation sites is 2. The van der Waals surface area contributed by atoms with Crippen LogP contribution in [0, 0.1) is 0 Å². The summed E-state index contributed by atoms with van der Waals surface area (Å²) in [6.45, 7) is 5.20. The summed E-state index contributed by atoms with van der Waals surface area (Å²) in [4.78, 5) is 19.3. The largest absolute Gasteiger partial charge is 0.378 e. The van der Waals surface area contributed by atoms with E-state index >= 15 is 0 Å². The lowest BCUT2D eigenvalue weighted by atomic mass is 10.2. The van der Waals surface area contributed by atoms with Crippen molar-refractivity contribution in [2.45, 2.75) is 13.0 Å². The predicted octanol–water partition coefficient (Wildman–Crippen LogP) is 3.07. The molecule has 0 bridgehead atoms. The SMILES string of the molecule is CC(C(=O)Nc1ccc(N2CCOCC2)cc1)n1cnc2ccccc21. The van der Waals surface area contributed by atoms with Gasteiger partial charge in [-0.3, -0.25) is 4.79 Å². The van der Waals surface area contributed by atoms with Crippen molar-refractivity contribution in [3.05, 3.63) is 54.9 Å². The molecule has 0 spiro atoms. The number of nitrogens with one attached hydrogen (secondary N) is 1. The molecule has 1 unspecified atom stereocenters. The van der Waals surface area contributed by atoms with Crippen molar-refractivity contribution >= 4 is 28.3 Å². The van der Waals surface area contributed by atoms with Crippen LogP contribution in [-0.4, -0.2) is 41.8 Å². The van der Waals surface area contributed by atoms with Crippen LogP contribution in [0.25, 0.3) is 11.0 Å². The van der Waals surface area contributed by atoms with Gasteiger partial charge in [-0.15, -0.1) is 0 Å². The first-order valence-corrected chi connectivity index (χ1v) is 8.87. The molecule has 1 saturated heterocycles. The number of carbonyl (C=O) groups is 1. The number of carbonyl (C=O) groups excluding carboxylic acids is 1. The summed E-state index contributed by atoms with van der Waals surface area (Å²) >= 11 is 0. The van der Waals surface area contributed by atoms with Gasteiger partial charge in [0.2, 0.25) is 5.91 Å². The zero-order valence-corrected chi connectivity index (χ0v) is 14.8. The van der Waals surface area contributed by atoms with Crippen LogP contribution in [0.2, 0.25) is 0 Å². The molecule has 0 radical (unpaired) electrons. The summed E-state index contributed by atoms with van der Waals surface area (Å²) in [6, 6.07) is 15.4. The van der Waals surface area contributed by atoms with E-state index in [4.69, 9.17) is 4.74 Å². The smallest absolute Gasteiger partial charge is 0.247 e. The molecule has 3 aromatic rings. The first-order valence-electron chi connectivity index (χ1n) is 8.87. The first-order chi connectivity index (χ1) is 12.7. The predicted molar refractivity (Wildman–Crippen MR) is 103 cm³/mol. The molecule has 1 aliphatic rings. The highest BCUT2D eigenvalue weighted by molar-refractivity contribution is 5.94. The van der Waals surface area contributed by atoms with Gasteiger partial charge in [0.25, 0.3) is 0 Å². The number of amides is 1. The summed E-state index contributed by atoms with van der Waals surface area (Å²) in [7, 11) is 0. The van der Waals surface area contributed by atoms with E-state index in [0.29, 0.717) is 0 Å². The summed E-state index contributed by atoms with van der Waals surface area (Å²) in [6.07, 6.45) is 1.72. The zero-order chi connectivity index (χ0) is 17.9. The second kappa shape index (κ2) is 7.17. The third-order valence-electron chi connectivity index (χ3n) is 4.79. The lowest BCUT2D eigenvalue weighted by molar-refractivity contribution is -0.118. The van der Waals surface area contributed by atoms with Crippen molar-refractivity contribution in [3.63, 3.8) is 0 Å². The highest BCUT2D eigenvalue weighted by Crippen LogP contribution is 2.21. The van der Waals surface area contributed by atoms with Crippen LogP contribution < -0.4 is 10.2 Å². The fourth-order valence-corrected chi connectivity index (χ4v) is 3.24. The number of ether oxygens (including phenoxy) is 1. The molecular weight excluding hydrogens is 328 g/mol. The summed E-state index contributed by atoms with van der Waals surface area (Å²) in [5, 5.41) is 2.99. The Morgan fingerprint density at radius 2 is 1.85 bits per heavy atom. The minimum Gasteiger partial charge on any atom is -0.378 e. The molecule has 1 aromatic heterocycles. The maximum absolute atomic E-state index is 12.7. The monoisotopic (exact) mass is 350 g/mol. The number of hydrogen-bond donors (Lipinski definition) is 1. The van der Waals surface area contributed by atoms with E-state index in [-0.39, 0.29) is 11.9 Å². The number of fused-ring (bicyclic) bond motifs is 1. The first kappa shape index (κ1) is 16.6. The molecule has 2 heterocycles. The number of aromatic nitrogens is 2. The number of hydrogen-bond acceptors (Lipinski definition) is 4. The van der Waals surface area contributed by atoms with Gasteiger partial charge in [0.1, 0.15) is 6.04 Å². The van der Waals surface area contributed by atoms with E-state index < -0.39 is 0 Å². The van der Waals surface area contributed by atoms with E-state index in [9.17, 15) is 4.79 Å². The second-order valence-electron chi connectivity index (χ2n) is 6.45. The Hall–Kier alpha value is -2.86. The van der Waals surface area contributed by atoms with Gasteiger partial charge in [-0.25, -0.2) is 4.98 Å². The second-order valence-corrected chi connectivity index (χ2v) is 6.45. The van der Waals surface area contributed by atoms with Crippen LogP contribution in [0.4, 0.5) is 11.4 Å². The zero-order valence-electron chi connectivity index (χ0n) is 14.8. The van der Waals surface area contributed by atoms with Crippen molar-refractivity contribution in [2.24, 2.45) is 0 Å². The summed E-state index contributed by atoms with van der Waals surface area (Å²) < 4.78 is 7.28. The molecule has 2 aromatic carbocycles. The quantitative estimate of drug-likeness (QED) is 0.786. The van der Waals surface area contributed by atoms with Gasteiger partial charge in [-0.2, -0.15) is 0 Å². The Labute approximate surface area is 152 Å². The van der Waals surface area contributed by atoms with E-state index in [1.54, 1.807) is 6.33 Å². The van der Waals surface area contributed by atoms with E-state index in [0.717, 1.165) is 48.7 Å². The van der Waals surface area contributed by atoms with E-state index in [1.807, 2.05) is 60.0 Å². The Morgan fingerprint density at radius 1 is 1.12 bits per heavy atom. The number of nitrogens with zero attached hydrogens (tertiary/aromatic N) is 3. The summed E-state index contributed by atoms with van der Waals surface area (Å²) in [5.74, 6) is -0.0627. The Kier molecular flexibility index (Phi) is 4.58. The van der Waals surface area contributed by atoms with Crippen molar-refractivity contribution in [1.29, 1.82) is 0 Å². The lowest BCUT2D eigenvalue weighted by Crippen LogP contribution is -2.36. The van der Waals surface area contributed by atoms with Crippen molar-refractivity contribution < 1.29 is 9.53 Å². The topological polar surface area (TPSA) is 59.4 Å². The fraction of sp³-hybridized carbons (Fsp3) is 0.300. The molecule has 6 nitrogen and oxygen atoms in total. The molecule has 0 aliphatic carbocycles. The number of benzene rings is 2. The molecule has 1 N–H and O–H groups in total. The van der Waals surface area contributed by atoms with Gasteiger partial charge in [-0.05, 0) is 43.3 Å². The lowest BCUT2D eigenvalue weighted by Gasteiger charge is -2.29. The Bertz CT molecular complexity index is 898. The van der Waals surface area contributed by atoms with Gasteiger partial charge in [-0.1, -0.05) is 12.1 Å². The molecular formula is C20H22N4O2. The number of morpholine rings is 1. The Morgan fingerprint density at radius 3 is 2.62 bits per heavy atom. The van der Waals surface area contributed by atoms with Gasteiger partial charge >= 0.3 is 0 Å². The van der Waals surface area contributed by atoms with Gasteiger partial charge in [0.05, 0.1) is 30.6 Å². The minimum absolute atomic E-state index is 0.0627. The van der Waals surface area contributed by atoms with E-state index in [1.165, 1.54) is 0 Å². The van der Waals surface area contributed by atoms with Crippen LogP contribution in [0.15, 0.2) is 54.9 Å². The standard InChI is InChI=1S/C20H22N4O2/c1-15(24-14-21-18-4-2-3-5-19(18)24)20(25)22-16-6-8-17(9-7-16)23-10-12-26-13-11-23/h2-9,14-15H,10-13H2,1H3,(H,22,25). The van der Waals surface area contributed by atoms with Crippen LogP contribution in [0.5, 0.6) is 0 Å². The van der Waals surface area contributed by atoms with Crippen molar-refractivity contribution in [2.75, 3.05) is 36.5 Å². The van der Waals surface area contributed by atoms with E-state index in [2.05, 4.69) is 15.2 Å². The molecule has 1 fully saturated rings. The third-order valence-corrected chi connectivity index (χ3v) is 4.79. The normalized spacial score (nSPS) is 15.8. The molecule has 1 aliphatic heterocycles. The molecule has 26 heavy (non-hydrogen) atoms. The van der Waals surface area contributed by atoms with Crippen LogP contribution >= 0.6 is 0 Å². The molecule has 134 valence electrons. The summed E-state index contributed by atoms with van der Waals surface area (Å²) in [5.41, 5.74) is 3.79. The highest BCUT2D eigenvalue weighted by Gasteiger charge is 2.17. The van der Waals surface area contributed by atoms with Crippen molar-refractivity contribution in [3.8, 4) is 0 Å². The van der Waals surface area contributed by atoms with Crippen molar-refractivity contribution in [1.82, 2.24) is 9.55 Å². The van der Waals surface area contributed by atoms with Crippen LogP contribution in [-0.2, 0) is 9.53 Å². The molecule has 0 saturated carbocycles. The molecule has 4 rings (SSSR count). The maximum atomic E-state index is 12.7. The van der Waals surface area contributed by atoms with Gasteiger partial charge < -0.3 is 19.5 Å². The molecule has 1 atom stereocenters. The van der Waals surface area contributed by atoms with Gasteiger partial charge in [0.15, 0.2) is 0 Å². The minimum atomic E-state index is -0.346. The van der Waals surface area contributed by atoms with Crippen LogP contribution in [0.1, 0.15) is 13.0 Å². The fourth-order valence-electron chi connectivity index (χ4n) is 3.24. The average Bonchev–Trinajstić information content (AvgIpc) is 3.13. The third kappa shape index (κ3) is 3.28. The number of rotatable bonds is 4. The number of imidazole rings is 1. The maximum Gasteiger partial charge on any atom is 0.247 e. The van der Waals surface area contributed by atoms with Gasteiger partial charge in [0, 0.05) is 24.5 Å². The highest BCUT2D eigenvalue weighted by atomic mass is 16.5. The number of anilines is 2. The van der Waals surface area contributed by atoms with Crippen LogP contribution in [0.3, 0.4) is 0 Å².